The highest BCUT2D eigenvalue weighted by Gasteiger charge is 2.26. The molecular weight excluding hydrogens is 473 g/mol. The summed E-state index contributed by atoms with van der Waals surface area (Å²) in [4.78, 5) is 24.5. The maximum Gasteiger partial charge on any atom is 0.412 e. The second-order valence-corrected chi connectivity index (χ2v) is 10.4. The van der Waals surface area contributed by atoms with Crippen molar-refractivity contribution in [3.63, 3.8) is 0 Å². The third-order valence-corrected chi connectivity index (χ3v) is 5.92. The molecular formula is C30H40FNO5. The predicted octanol–water partition coefficient (Wildman–Crippen LogP) is 6.24. The van der Waals surface area contributed by atoms with Gasteiger partial charge in [-0.25, -0.2) is 14.0 Å². The zero-order valence-corrected chi connectivity index (χ0v) is 22.8. The van der Waals surface area contributed by atoms with Gasteiger partial charge in [-0.05, 0) is 81.2 Å². The summed E-state index contributed by atoms with van der Waals surface area (Å²) in [5.74, 6) is -0.528. The Morgan fingerprint density at radius 2 is 1.65 bits per heavy atom. The molecule has 0 spiro atoms. The summed E-state index contributed by atoms with van der Waals surface area (Å²) < 4.78 is 29.9. The van der Waals surface area contributed by atoms with Crippen LogP contribution in [0.3, 0.4) is 0 Å². The summed E-state index contributed by atoms with van der Waals surface area (Å²) in [7, 11) is 1.24. The minimum absolute atomic E-state index is 0.0433. The Morgan fingerprint density at radius 3 is 2.22 bits per heavy atom. The summed E-state index contributed by atoms with van der Waals surface area (Å²) in [5, 5.41) is 2.46. The minimum Gasteiger partial charge on any atom is -0.464 e. The van der Waals surface area contributed by atoms with Crippen LogP contribution in [0.25, 0.3) is 0 Å². The van der Waals surface area contributed by atoms with Crippen LogP contribution in [-0.2, 0) is 31.8 Å². The predicted molar refractivity (Wildman–Crippen MR) is 142 cm³/mol. The van der Waals surface area contributed by atoms with Gasteiger partial charge in [0.05, 0.1) is 19.8 Å². The summed E-state index contributed by atoms with van der Waals surface area (Å²) in [6.07, 6.45) is 2.90. The molecule has 0 aliphatic carbocycles. The molecule has 0 aromatic heterocycles. The maximum atomic E-state index is 13.5. The highest BCUT2D eigenvalue weighted by molar-refractivity contribution is 5.92. The molecule has 0 saturated carbocycles. The van der Waals surface area contributed by atoms with Gasteiger partial charge in [0.2, 0.25) is 0 Å². The van der Waals surface area contributed by atoms with Crippen molar-refractivity contribution in [1.29, 1.82) is 0 Å². The average molecular weight is 514 g/mol. The lowest BCUT2D eigenvalue weighted by Gasteiger charge is -2.30. The molecule has 2 atom stereocenters. The van der Waals surface area contributed by atoms with E-state index in [0.29, 0.717) is 0 Å². The number of esters is 1. The number of alkyl carbamates (subject to hydrolysis) is 1. The maximum absolute atomic E-state index is 13.5. The lowest BCUT2D eigenvalue weighted by Crippen LogP contribution is -2.35. The molecule has 0 unspecified atom stereocenters. The van der Waals surface area contributed by atoms with E-state index in [1.165, 1.54) is 30.9 Å². The van der Waals surface area contributed by atoms with Gasteiger partial charge in [0, 0.05) is 0 Å². The lowest BCUT2D eigenvalue weighted by molar-refractivity contribution is -0.136. The van der Waals surface area contributed by atoms with E-state index in [2.05, 4.69) is 31.3 Å². The van der Waals surface area contributed by atoms with Crippen LogP contribution in [0.1, 0.15) is 52.2 Å². The van der Waals surface area contributed by atoms with E-state index >= 15 is 0 Å². The molecule has 2 rings (SSSR count). The van der Waals surface area contributed by atoms with E-state index in [0.717, 1.165) is 24.8 Å². The number of methoxy groups -OCH3 is 1. The molecule has 2 aromatic rings. The number of aryl methyl sites for hydroxylation is 1. The number of amides is 1. The van der Waals surface area contributed by atoms with E-state index in [1.807, 2.05) is 18.2 Å². The molecule has 0 aliphatic heterocycles. The number of carbonyl (C=O) groups is 2. The van der Waals surface area contributed by atoms with Crippen LogP contribution in [0.5, 0.6) is 0 Å². The Balaban J connectivity index is 2.21. The van der Waals surface area contributed by atoms with Gasteiger partial charge in [-0.15, -0.1) is 0 Å². The molecule has 1 N–H and O–H groups in total. The first kappa shape index (κ1) is 30.0. The van der Waals surface area contributed by atoms with E-state index in [-0.39, 0.29) is 36.1 Å². The van der Waals surface area contributed by atoms with Gasteiger partial charge in [-0.3, -0.25) is 5.32 Å². The van der Waals surface area contributed by atoms with Crippen LogP contribution >= 0.6 is 0 Å². The normalized spacial score (nSPS) is 13.7. The van der Waals surface area contributed by atoms with Crippen molar-refractivity contribution in [1.82, 2.24) is 5.32 Å². The SMILES string of the molecule is COC(=O)C(=CCO[C@H](CCc1ccccc1)[C@@H](Cc1ccc(F)cc1)C(C)C)NC(=O)OC(C)(C)C. The molecule has 7 heteroatoms. The molecule has 0 radical (unpaired) electrons. The molecule has 202 valence electrons. The molecule has 2 aromatic carbocycles. The Morgan fingerprint density at radius 1 is 1.00 bits per heavy atom. The van der Waals surface area contributed by atoms with Crippen LogP contribution in [0, 0.1) is 17.7 Å². The fourth-order valence-electron chi connectivity index (χ4n) is 4.03. The first-order valence-electron chi connectivity index (χ1n) is 12.7. The summed E-state index contributed by atoms with van der Waals surface area (Å²) in [6.45, 7) is 9.59. The van der Waals surface area contributed by atoms with Gasteiger partial charge in [-0.2, -0.15) is 0 Å². The smallest absolute Gasteiger partial charge is 0.412 e. The van der Waals surface area contributed by atoms with Gasteiger partial charge in [0.1, 0.15) is 17.1 Å². The molecule has 37 heavy (non-hydrogen) atoms. The number of halogens is 1. The number of benzene rings is 2. The van der Waals surface area contributed by atoms with Crippen molar-refractivity contribution in [3.05, 3.63) is 83.3 Å². The summed E-state index contributed by atoms with van der Waals surface area (Å²) in [6, 6.07) is 16.7. The van der Waals surface area contributed by atoms with Crippen LogP contribution < -0.4 is 5.32 Å². The van der Waals surface area contributed by atoms with Gasteiger partial charge >= 0.3 is 12.1 Å². The largest absolute Gasteiger partial charge is 0.464 e. The molecule has 0 aliphatic rings. The highest BCUT2D eigenvalue weighted by atomic mass is 19.1. The number of rotatable bonds is 12. The van der Waals surface area contributed by atoms with Crippen LogP contribution in [0.15, 0.2) is 66.4 Å². The van der Waals surface area contributed by atoms with Gasteiger partial charge in [0.25, 0.3) is 0 Å². The fraction of sp³-hybridized carbons (Fsp3) is 0.467. The van der Waals surface area contributed by atoms with Gasteiger partial charge < -0.3 is 14.2 Å². The van der Waals surface area contributed by atoms with E-state index in [4.69, 9.17) is 14.2 Å². The van der Waals surface area contributed by atoms with E-state index in [9.17, 15) is 14.0 Å². The zero-order valence-electron chi connectivity index (χ0n) is 22.8. The first-order valence-corrected chi connectivity index (χ1v) is 12.7. The van der Waals surface area contributed by atoms with Crippen molar-refractivity contribution < 1.29 is 28.2 Å². The molecule has 0 bridgehead atoms. The van der Waals surface area contributed by atoms with E-state index < -0.39 is 17.7 Å². The van der Waals surface area contributed by atoms with Crippen molar-refractivity contribution in [2.45, 2.75) is 65.6 Å². The number of hydrogen-bond acceptors (Lipinski definition) is 5. The number of hydrogen-bond donors (Lipinski definition) is 1. The minimum atomic E-state index is -0.749. The second kappa shape index (κ2) is 14.5. The topological polar surface area (TPSA) is 73.9 Å². The second-order valence-electron chi connectivity index (χ2n) is 10.4. The van der Waals surface area contributed by atoms with Gasteiger partial charge in [0.15, 0.2) is 0 Å². The fourth-order valence-corrected chi connectivity index (χ4v) is 4.03. The highest BCUT2D eigenvalue weighted by Crippen LogP contribution is 2.27. The third-order valence-electron chi connectivity index (χ3n) is 5.92. The number of carbonyl (C=O) groups excluding carboxylic acids is 2. The summed E-state index contributed by atoms with van der Waals surface area (Å²) >= 11 is 0. The molecule has 0 saturated heterocycles. The number of nitrogens with one attached hydrogen (secondary N) is 1. The average Bonchev–Trinajstić information content (AvgIpc) is 2.84. The van der Waals surface area contributed by atoms with Gasteiger partial charge in [-0.1, -0.05) is 56.3 Å². The standard InChI is InChI=1S/C30H40FNO5/c1-21(2)25(20-23-12-15-24(31)16-13-23)27(17-14-22-10-8-7-9-11-22)36-19-18-26(28(33)35-6)32-29(34)37-30(3,4)5/h7-13,15-16,18,21,25,27H,14,17,19-20H2,1-6H3,(H,32,34)/t25-,27+/m0/s1. The first-order chi connectivity index (χ1) is 17.5. The zero-order chi connectivity index (χ0) is 27.4. The third kappa shape index (κ3) is 11.2. The van der Waals surface area contributed by atoms with Crippen molar-refractivity contribution in [3.8, 4) is 0 Å². The molecule has 0 fully saturated rings. The monoisotopic (exact) mass is 513 g/mol. The van der Waals surface area contributed by atoms with Crippen LogP contribution in [0.2, 0.25) is 0 Å². The molecule has 6 nitrogen and oxygen atoms in total. The van der Waals surface area contributed by atoms with Crippen LogP contribution in [-0.4, -0.2) is 37.5 Å². The Bertz CT molecular complexity index is 1010. The Hall–Kier alpha value is -3.19. The van der Waals surface area contributed by atoms with Crippen molar-refractivity contribution in [2.75, 3.05) is 13.7 Å². The van der Waals surface area contributed by atoms with Crippen LogP contribution in [0.4, 0.5) is 9.18 Å². The van der Waals surface area contributed by atoms with Crippen molar-refractivity contribution >= 4 is 12.1 Å². The van der Waals surface area contributed by atoms with Crippen molar-refractivity contribution in [2.24, 2.45) is 11.8 Å². The lowest BCUT2D eigenvalue weighted by atomic mass is 9.82. The summed E-state index contributed by atoms with van der Waals surface area (Å²) in [5.41, 5.74) is 1.48. The Kier molecular flexibility index (Phi) is 11.8. The quantitative estimate of drug-likeness (QED) is 0.269. The molecule has 1 amide bonds. The number of ether oxygens (including phenoxy) is 3. The Labute approximate surface area is 220 Å². The molecule has 0 heterocycles. The van der Waals surface area contributed by atoms with E-state index in [1.54, 1.807) is 32.9 Å².